The zero-order valence-corrected chi connectivity index (χ0v) is 26.6. The molecule has 10 N–H and O–H groups in total. The van der Waals surface area contributed by atoms with Crippen molar-refractivity contribution in [1.29, 1.82) is 0 Å². The predicted molar refractivity (Wildman–Crippen MR) is 163 cm³/mol. The Labute approximate surface area is 264 Å². The molecule has 7 amide bonds. The number of imidazole rings is 1. The molecule has 0 saturated carbocycles. The first-order valence-corrected chi connectivity index (χ1v) is 15.3. The number of thioether (sulfide) groups is 1. The van der Waals surface area contributed by atoms with E-state index in [2.05, 4.69) is 31.2 Å². The Balaban J connectivity index is 2.21. The summed E-state index contributed by atoms with van der Waals surface area (Å²) in [5, 5.41) is 19.8. The lowest BCUT2D eigenvalue weighted by molar-refractivity contribution is -0.138. The van der Waals surface area contributed by atoms with Crippen molar-refractivity contribution < 1.29 is 38.7 Å². The monoisotopic (exact) mass is 653 g/mol. The number of aliphatic hydroxyl groups is 1. The number of nitrogens with zero attached hydrogens (tertiary/aromatic N) is 2. The number of carbonyl (C=O) groups is 7. The van der Waals surface area contributed by atoms with Gasteiger partial charge in [-0.05, 0) is 12.8 Å². The number of nitrogens with two attached hydrogens (primary N) is 2. The largest absolute Gasteiger partial charge is 0.394 e. The van der Waals surface area contributed by atoms with Crippen LogP contribution in [-0.4, -0.2) is 115 Å². The predicted octanol–water partition coefficient (Wildman–Crippen LogP) is -3.21. The number of carbonyl (C=O) groups excluding carboxylic acids is 7. The van der Waals surface area contributed by atoms with Crippen molar-refractivity contribution in [2.24, 2.45) is 11.5 Å². The van der Waals surface area contributed by atoms with Crippen LogP contribution >= 0.6 is 11.8 Å². The van der Waals surface area contributed by atoms with Gasteiger partial charge in [-0.1, -0.05) is 20.8 Å². The summed E-state index contributed by atoms with van der Waals surface area (Å²) in [7, 11) is 0. The molecule has 250 valence electrons. The molecule has 45 heavy (non-hydrogen) atoms. The Kier molecular flexibility index (Phi) is 13.8. The summed E-state index contributed by atoms with van der Waals surface area (Å²) in [6.45, 7) is 6.52. The molecule has 1 fully saturated rings. The molecule has 1 aliphatic rings. The molecular weight excluding hydrogens is 610 g/mol. The van der Waals surface area contributed by atoms with E-state index in [1.54, 1.807) is 0 Å². The average Bonchev–Trinajstić information content (AvgIpc) is 3.64. The average molecular weight is 654 g/mol. The third-order valence-electron chi connectivity index (χ3n) is 6.77. The lowest BCUT2D eigenvalue weighted by atomic mass is 10.1. The van der Waals surface area contributed by atoms with Crippen LogP contribution in [0.2, 0.25) is 0 Å². The van der Waals surface area contributed by atoms with Crippen LogP contribution < -0.4 is 32.7 Å². The maximum absolute atomic E-state index is 13.4. The maximum Gasteiger partial charge on any atom is 0.245 e. The number of amides is 7. The van der Waals surface area contributed by atoms with Crippen LogP contribution in [0.1, 0.15) is 52.7 Å². The molecule has 5 atom stereocenters. The van der Waals surface area contributed by atoms with E-state index < -0.39 is 78.7 Å². The summed E-state index contributed by atoms with van der Waals surface area (Å²) in [4.78, 5) is 96.1. The van der Waals surface area contributed by atoms with Crippen LogP contribution in [0.15, 0.2) is 12.5 Å². The molecule has 0 radical (unpaired) electrons. The minimum absolute atomic E-state index is 0.0156. The van der Waals surface area contributed by atoms with Crippen molar-refractivity contribution in [2.45, 2.75) is 88.3 Å². The first kappa shape index (κ1) is 37.0. The summed E-state index contributed by atoms with van der Waals surface area (Å²) in [5.41, 5.74) is 10.9. The van der Waals surface area contributed by atoms with Crippen molar-refractivity contribution in [3.63, 3.8) is 0 Å². The normalized spacial score (nSPS) is 17.4. The lowest BCUT2D eigenvalue weighted by Crippen LogP contribution is -2.60. The molecule has 1 aromatic heterocycles. The van der Waals surface area contributed by atoms with E-state index in [9.17, 15) is 38.7 Å². The van der Waals surface area contributed by atoms with Crippen molar-refractivity contribution in [3.8, 4) is 0 Å². The van der Waals surface area contributed by atoms with Crippen molar-refractivity contribution >= 4 is 53.1 Å². The highest BCUT2D eigenvalue weighted by atomic mass is 32.2. The second-order valence-electron chi connectivity index (χ2n) is 11.6. The minimum Gasteiger partial charge on any atom is -0.394 e. The number of rotatable bonds is 16. The zero-order valence-electron chi connectivity index (χ0n) is 25.8. The van der Waals surface area contributed by atoms with Crippen molar-refractivity contribution in [2.75, 3.05) is 18.9 Å². The molecule has 0 bridgehead atoms. The topological polar surface area (TPSA) is 272 Å². The second-order valence-corrected chi connectivity index (χ2v) is 13.4. The highest BCUT2D eigenvalue weighted by molar-refractivity contribution is 8.00. The maximum atomic E-state index is 13.4. The fraction of sp³-hybridized carbons (Fsp3) is 0.630. The van der Waals surface area contributed by atoms with Gasteiger partial charge in [0.2, 0.25) is 41.4 Å². The zero-order chi connectivity index (χ0) is 33.9. The molecule has 0 spiro atoms. The van der Waals surface area contributed by atoms with Gasteiger partial charge in [-0.15, -0.1) is 0 Å². The fourth-order valence-corrected chi connectivity index (χ4v) is 5.36. The Morgan fingerprint density at radius 2 is 1.60 bits per heavy atom. The number of nitrogens with one attached hydrogen (secondary N) is 5. The van der Waals surface area contributed by atoms with Crippen molar-refractivity contribution in [1.82, 2.24) is 36.1 Å². The summed E-state index contributed by atoms with van der Waals surface area (Å²) in [6.07, 6.45) is 3.26. The number of hydrogen-bond donors (Lipinski definition) is 8. The van der Waals surface area contributed by atoms with Gasteiger partial charge in [0.05, 0.1) is 19.4 Å². The number of aliphatic hydroxyl groups excluding tert-OH is 1. The van der Waals surface area contributed by atoms with Gasteiger partial charge in [-0.3, -0.25) is 33.6 Å². The minimum atomic E-state index is -1.55. The molecule has 1 aliphatic heterocycles. The highest BCUT2D eigenvalue weighted by Gasteiger charge is 2.36. The Morgan fingerprint density at radius 1 is 1.00 bits per heavy atom. The van der Waals surface area contributed by atoms with E-state index in [1.165, 1.54) is 36.1 Å². The van der Waals surface area contributed by atoms with E-state index in [4.69, 9.17) is 11.5 Å². The molecule has 0 unspecified atom stereocenters. The van der Waals surface area contributed by atoms with E-state index in [-0.39, 0.29) is 22.8 Å². The van der Waals surface area contributed by atoms with Gasteiger partial charge >= 0.3 is 0 Å². The van der Waals surface area contributed by atoms with E-state index in [1.807, 2.05) is 20.8 Å². The van der Waals surface area contributed by atoms with Gasteiger partial charge in [-0.2, -0.15) is 11.8 Å². The standard InChI is InChI=1S/C27H43N9O8S/c1-14(38)36-7-5-6-20(36)26(44)33-17(8-15-10-30-13-31-15)23(41)34-18(11-37)24(42)35-19(12-45-27(2,3)4)25(43)32-16(22(29)40)9-21(28)39/h10,13,16-20,37H,5-9,11-12H2,1-4H3,(H2,28,39)(H2,29,40)(H,30,31)(H,32,43)(H,33,44)(H,34,41)(H,35,42)/t16-,17-,18-,19-,20-/m0/s1. The van der Waals surface area contributed by atoms with Gasteiger partial charge in [0.15, 0.2) is 0 Å². The molecule has 17 nitrogen and oxygen atoms in total. The van der Waals surface area contributed by atoms with Crippen molar-refractivity contribution in [3.05, 3.63) is 18.2 Å². The number of H-pyrrole nitrogens is 1. The summed E-state index contributed by atoms with van der Waals surface area (Å²) < 4.78 is -0.348. The van der Waals surface area contributed by atoms with Crippen LogP contribution in [0.25, 0.3) is 0 Å². The SMILES string of the molecule is CC(=O)N1CCC[C@H]1C(=O)N[C@@H](Cc1cnc[nH]1)C(=O)N[C@@H](CO)C(=O)N[C@@H](CSC(C)(C)C)C(=O)N[C@@H](CC(N)=O)C(N)=O. The second kappa shape index (κ2) is 16.8. The van der Waals surface area contributed by atoms with E-state index >= 15 is 0 Å². The smallest absolute Gasteiger partial charge is 0.245 e. The van der Waals surface area contributed by atoms with Gasteiger partial charge in [-0.25, -0.2) is 4.98 Å². The Hall–Kier alpha value is -4.19. The first-order valence-electron chi connectivity index (χ1n) is 14.3. The number of aromatic nitrogens is 2. The van der Waals surface area contributed by atoms with Gasteiger partial charge in [0.25, 0.3) is 0 Å². The molecule has 2 heterocycles. The third kappa shape index (κ3) is 12.0. The van der Waals surface area contributed by atoms with Crippen LogP contribution in [-0.2, 0) is 40.0 Å². The van der Waals surface area contributed by atoms with Crippen LogP contribution in [0.3, 0.4) is 0 Å². The summed E-state index contributed by atoms with van der Waals surface area (Å²) in [6, 6.07) is -6.24. The lowest BCUT2D eigenvalue weighted by Gasteiger charge is -2.28. The van der Waals surface area contributed by atoms with E-state index in [0.29, 0.717) is 25.1 Å². The highest BCUT2D eigenvalue weighted by Crippen LogP contribution is 2.24. The summed E-state index contributed by atoms with van der Waals surface area (Å²) >= 11 is 1.30. The molecule has 0 aliphatic carbocycles. The van der Waals surface area contributed by atoms with Gasteiger partial charge in [0, 0.05) is 42.3 Å². The summed E-state index contributed by atoms with van der Waals surface area (Å²) in [5.74, 6) is -5.30. The third-order valence-corrected chi connectivity index (χ3v) is 8.13. The van der Waals surface area contributed by atoms with E-state index in [0.717, 1.165) is 0 Å². The quantitative estimate of drug-likeness (QED) is 0.0884. The molecular formula is C27H43N9O8S. The fourth-order valence-electron chi connectivity index (χ4n) is 4.46. The van der Waals surface area contributed by atoms with Crippen LogP contribution in [0.5, 0.6) is 0 Å². The molecule has 1 saturated heterocycles. The number of likely N-dealkylation sites (tertiary alicyclic amines) is 1. The Bertz CT molecular complexity index is 1240. The molecule has 2 rings (SSSR count). The number of primary amides is 2. The molecule has 18 heteroatoms. The van der Waals surface area contributed by atoms with Gasteiger partial charge < -0.3 is 47.7 Å². The van der Waals surface area contributed by atoms with Gasteiger partial charge in [0.1, 0.15) is 30.2 Å². The number of hydrogen-bond acceptors (Lipinski definition) is 10. The first-order chi connectivity index (χ1) is 21.0. The Morgan fingerprint density at radius 3 is 2.13 bits per heavy atom. The number of aromatic amines is 1. The molecule has 0 aromatic carbocycles. The van der Waals surface area contributed by atoms with Crippen LogP contribution in [0.4, 0.5) is 0 Å². The molecule has 1 aromatic rings. The van der Waals surface area contributed by atoms with Crippen LogP contribution in [0, 0.1) is 0 Å².